The molecule has 0 aromatic heterocycles. The molecule has 0 bridgehead atoms. The first kappa shape index (κ1) is 17.0. The van der Waals surface area contributed by atoms with Gasteiger partial charge in [-0.2, -0.15) is 13.2 Å². The molecule has 1 aromatic rings. The van der Waals surface area contributed by atoms with Gasteiger partial charge in [0, 0.05) is 5.02 Å². The highest BCUT2D eigenvalue weighted by atomic mass is 35.5. The Bertz CT molecular complexity index is 562. The van der Waals surface area contributed by atoms with Crippen LogP contribution in [0.1, 0.15) is 0 Å². The molecule has 1 aromatic carbocycles. The zero-order valence-electron chi connectivity index (χ0n) is 9.98. The van der Waals surface area contributed by atoms with Crippen molar-refractivity contribution in [3.05, 3.63) is 23.2 Å². The number of rotatable bonds is 6. The SMILES string of the molecule is NS(=O)(=O)c1cc(Cl)ccc1OCCOCC(F)(F)F. The van der Waals surface area contributed by atoms with Crippen molar-refractivity contribution < 1.29 is 31.1 Å². The van der Waals surface area contributed by atoms with E-state index in [1.54, 1.807) is 0 Å². The van der Waals surface area contributed by atoms with Crippen molar-refractivity contribution in [2.45, 2.75) is 11.1 Å². The lowest BCUT2D eigenvalue weighted by Gasteiger charge is -2.11. The van der Waals surface area contributed by atoms with E-state index in [1.165, 1.54) is 12.1 Å². The van der Waals surface area contributed by atoms with Gasteiger partial charge in [0.15, 0.2) is 0 Å². The topological polar surface area (TPSA) is 78.6 Å². The molecule has 0 saturated carbocycles. The Kier molecular flexibility index (Phi) is 5.63. The maximum absolute atomic E-state index is 11.8. The molecule has 0 spiro atoms. The number of nitrogens with two attached hydrogens (primary N) is 1. The molecule has 2 N–H and O–H groups in total. The number of ether oxygens (including phenoxy) is 2. The zero-order valence-corrected chi connectivity index (χ0v) is 11.6. The second kappa shape index (κ2) is 6.61. The lowest BCUT2D eigenvalue weighted by Crippen LogP contribution is -2.20. The summed E-state index contributed by atoms with van der Waals surface area (Å²) in [6.07, 6.45) is -4.42. The van der Waals surface area contributed by atoms with E-state index in [4.69, 9.17) is 21.5 Å². The summed E-state index contributed by atoms with van der Waals surface area (Å²) in [5.41, 5.74) is 0. The van der Waals surface area contributed by atoms with Crippen LogP contribution in [0.25, 0.3) is 0 Å². The van der Waals surface area contributed by atoms with Crippen molar-refractivity contribution in [3.63, 3.8) is 0 Å². The van der Waals surface area contributed by atoms with Gasteiger partial charge in [0.2, 0.25) is 10.0 Å². The molecule has 20 heavy (non-hydrogen) atoms. The van der Waals surface area contributed by atoms with E-state index in [9.17, 15) is 21.6 Å². The minimum Gasteiger partial charge on any atom is -0.490 e. The van der Waals surface area contributed by atoms with Gasteiger partial charge in [0.25, 0.3) is 0 Å². The Morgan fingerprint density at radius 1 is 1.25 bits per heavy atom. The normalized spacial score (nSPS) is 12.4. The second-order valence-electron chi connectivity index (χ2n) is 3.65. The van der Waals surface area contributed by atoms with E-state index >= 15 is 0 Å². The first-order chi connectivity index (χ1) is 9.09. The molecule has 0 fully saturated rings. The van der Waals surface area contributed by atoms with Gasteiger partial charge in [-0.3, -0.25) is 0 Å². The Balaban J connectivity index is 2.61. The standard InChI is InChI=1S/C10H11ClF3NO4S/c11-7-1-2-8(9(5-7)20(15,16)17)19-4-3-18-6-10(12,13)14/h1-2,5H,3-4,6H2,(H2,15,16,17). The monoisotopic (exact) mass is 333 g/mol. The summed E-state index contributed by atoms with van der Waals surface area (Å²) in [5, 5.41) is 5.10. The van der Waals surface area contributed by atoms with Gasteiger partial charge in [-0.15, -0.1) is 0 Å². The fraction of sp³-hybridized carbons (Fsp3) is 0.400. The Hall–Kier alpha value is -1.03. The molecule has 0 aliphatic heterocycles. The first-order valence-corrected chi connectivity index (χ1v) is 7.12. The van der Waals surface area contributed by atoms with E-state index in [2.05, 4.69) is 4.74 Å². The van der Waals surface area contributed by atoms with Crippen molar-refractivity contribution in [2.75, 3.05) is 19.8 Å². The number of sulfonamides is 1. The fourth-order valence-corrected chi connectivity index (χ4v) is 2.16. The first-order valence-electron chi connectivity index (χ1n) is 5.19. The number of alkyl halides is 3. The summed E-state index contributed by atoms with van der Waals surface area (Å²) in [6, 6.07) is 3.71. The predicted molar refractivity (Wildman–Crippen MR) is 65.2 cm³/mol. The highest BCUT2D eigenvalue weighted by Gasteiger charge is 2.27. The van der Waals surface area contributed by atoms with Crippen LogP contribution in [0.5, 0.6) is 5.75 Å². The van der Waals surface area contributed by atoms with Crippen molar-refractivity contribution in [1.82, 2.24) is 0 Å². The van der Waals surface area contributed by atoms with Crippen molar-refractivity contribution >= 4 is 21.6 Å². The van der Waals surface area contributed by atoms with Gasteiger partial charge in [0.05, 0.1) is 6.61 Å². The summed E-state index contributed by atoms with van der Waals surface area (Å²) in [4.78, 5) is -0.346. The van der Waals surface area contributed by atoms with Crippen LogP contribution in [0.2, 0.25) is 5.02 Å². The number of hydrogen-bond acceptors (Lipinski definition) is 4. The number of primary sulfonamides is 1. The Morgan fingerprint density at radius 2 is 1.90 bits per heavy atom. The van der Waals surface area contributed by atoms with Crippen molar-refractivity contribution in [2.24, 2.45) is 5.14 Å². The quantitative estimate of drug-likeness (QED) is 0.807. The molecule has 0 saturated heterocycles. The fourth-order valence-electron chi connectivity index (χ4n) is 1.22. The van der Waals surface area contributed by atoms with Gasteiger partial charge in [0.1, 0.15) is 23.9 Å². The third-order valence-electron chi connectivity index (χ3n) is 1.96. The molecular formula is C10H11ClF3NO4S. The molecule has 0 heterocycles. The van der Waals surface area contributed by atoms with E-state index in [0.717, 1.165) is 6.07 Å². The largest absolute Gasteiger partial charge is 0.490 e. The minimum absolute atomic E-state index is 0.104. The Morgan fingerprint density at radius 3 is 2.45 bits per heavy atom. The number of halogens is 4. The molecule has 0 aliphatic rings. The van der Waals surface area contributed by atoms with Crippen LogP contribution < -0.4 is 9.88 Å². The molecule has 114 valence electrons. The van der Waals surface area contributed by atoms with Gasteiger partial charge in [-0.1, -0.05) is 11.6 Å². The number of hydrogen-bond donors (Lipinski definition) is 1. The maximum atomic E-state index is 11.8. The average molecular weight is 334 g/mol. The Labute approximate surface area is 118 Å². The predicted octanol–water partition coefficient (Wildman–Crippen LogP) is 1.95. The van der Waals surface area contributed by atoms with Crippen LogP contribution in [0.3, 0.4) is 0 Å². The highest BCUT2D eigenvalue weighted by Crippen LogP contribution is 2.26. The molecule has 0 radical (unpaired) electrons. The van der Waals surface area contributed by atoms with Gasteiger partial charge in [-0.05, 0) is 18.2 Å². The summed E-state index contributed by atoms with van der Waals surface area (Å²) in [7, 11) is -4.05. The third-order valence-corrected chi connectivity index (χ3v) is 3.13. The molecule has 0 amide bonds. The summed E-state index contributed by atoms with van der Waals surface area (Å²) in [5.74, 6) is -0.104. The minimum atomic E-state index is -4.42. The van der Waals surface area contributed by atoms with Crippen molar-refractivity contribution in [1.29, 1.82) is 0 Å². The highest BCUT2D eigenvalue weighted by molar-refractivity contribution is 7.89. The van der Waals surface area contributed by atoms with Crippen LogP contribution in [0.4, 0.5) is 13.2 Å². The van der Waals surface area contributed by atoms with Crippen LogP contribution >= 0.6 is 11.6 Å². The van der Waals surface area contributed by atoms with E-state index < -0.39 is 22.8 Å². The number of benzene rings is 1. The molecule has 0 unspecified atom stereocenters. The van der Waals surface area contributed by atoms with Gasteiger partial charge in [-0.25, -0.2) is 13.6 Å². The van der Waals surface area contributed by atoms with Crippen LogP contribution in [-0.4, -0.2) is 34.4 Å². The second-order valence-corrected chi connectivity index (χ2v) is 5.62. The smallest absolute Gasteiger partial charge is 0.411 e. The van der Waals surface area contributed by atoms with Crippen molar-refractivity contribution in [3.8, 4) is 5.75 Å². The molecule has 1 rings (SSSR count). The molecule has 0 atom stereocenters. The zero-order chi connectivity index (χ0) is 15.4. The summed E-state index contributed by atoms with van der Waals surface area (Å²) in [6.45, 7) is -2.02. The molecular weight excluding hydrogens is 323 g/mol. The van der Waals surface area contributed by atoms with E-state index in [0.29, 0.717) is 0 Å². The summed E-state index contributed by atoms with van der Waals surface area (Å²) < 4.78 is 67.3. The van der Waals surface area contributed by atoms with E-state index in [-0.39, 0.29) is 28.9 Å². The van der Waals surface area contributed by atoms with Crippen LogP contribution in [0, 0.1) is 0 Å². The van der Waals surface area contributed by atoms with Crippen LogP contribution in [0.15, 0.2) is 23.1 Å². The molecule has 0 aliphatic carbocycles. The van der Waals surface area contributed by atoms with Crippen LogP contribution in [-0.2, 0) is 14.8 Å². The molecule has 5 nitrogen and oxygen atoms in total. The third kappa shape index (κ3) is 5.95. The van der Waals surface area contributed by atoms with Gasteiger partial charge < -0.3 is 9.47 Å². The molecule has 10 heteroatoms. The lowest BCUT2D eigenvalue weighted by atomic mass is 10.3. The van der Waals surface area contributed by atoms with Gasteiger partial charge >= 0.3 is 6.18 Å². The summed E-state index contributed by atoms with van der Waals surface area (Å²) >= 11 is 5.63. The maximum Gasteiger partial charge on any atom is 0.411 e. The van der Waals surface area contributed by atoms with E-state index in [1.807, 2.05) is 0 Å². The average Bonchev–Trinajstić information content (AvgIpc) is 2.27. The lowest BCUT2D eigenvalue weighted by molar-refractivity contribution is -0.175.